The number of alkyl carbamates (subject to hydrolysis) is 1. The highest BCUT2D eigenvalue weighted by Gasteiger charge is 2.59. The Kier molecular flexibility index (Phi) is 6.78. The number of piperidine rings is 1. The minimum atomic E-state index is -4.64. The third kappa shape index (κ3) is 5.68. The summed E-state index contributed by atoms with van der Waals surface area (Å²) in [4.78, 5) is 39.4. The van der Waals surface area contributed by atoms with Gasteiger partial charge in [-0.15, -0.1) is 0 Å². The molecule has 0 radical (unpaired) electrons. The third-order valence-corrected chi connectivity index (χ3v) is 6.68. The van der Waals surface area contributed by atoms with E-state index in [1.165, 1.54) is 4.90 Å². The van der Waals surface area contributed by atoms with Crippen LogP contribution in [-0.4, -0.2) is 59.4 Å². The molecule has 2 aliphatic heterocycles. The van der Waals surface area contributed by atoms with Crippen molar-refractivity contribution in [2.24, 2.45) is 23.2 Å². The molecular weight excluding hydrogens is 453 g/mol. The molecule has 5 fully saturated rings. The molecule has 6 atom stereocenters. The van der Waals surface area contributed by atoms with Crippen LogP contribution in [0.4, 0.5) is 18.0 Å². The van der Waals surface area contributed by atoms with E-state index in [9.17, 15) is 27.6 Å². The van der Waals surface area contributed by atoms with E-state index in [2.05, 4.69) is 11.9 Å². The van der Waals surface area contributed by atoms with E-state index in [1.807, 2.05) is 0 Å². The number of hydrogen-bond acceptors (Lipinski definition) is 5. The summed E-state index contributed by atoms with van der Waals surface area (Å²) in [6, 6.07) is -1.34. The van der Waals surface area contributed by atoms with Crippen LogP contribution in [0, 0.1) is 23.2 Å². The van der Waals surface area contributed by atoms with Crippen LogP contribution < -0.4 is 5.32 Å². The van der Waals surface area contributed by atoms with Gasteiger partial charge in [-0.1, -0.05) is 6.58 Å². The number of nitrogens with zero attached hydrogens (tertiary/aromatic N) is 1. The second kappa shape index (κ2) is 8.75. The van der Waals surface area contributed by atoms with Gasteiger partial charge >= 0.3 is 18.2 Å². The third-order valence-electron chi connectivity index (χ3n) is 6.68. The topological polar surface area (TPSA) is 84.9 Å². The molecule has 5 aliphatic rings. The molecule has 2 heterocycles. The number of carbonyl (C=O) groups excluding carboxylic acids is 3. The van der Waals surface area contributed by atoms with E-state index < -0.39 is 71.6 Å². The van der Waals surface area contributed by atoms with Gasteiger partial charge in [-0.05, 0) is 65.9 Å². The lowest BCUT2D eigenvalue weighted by atomic mass is 9.70. The quantitative estimate of drug-likeness (QED) is 0.475. The van der Waals surface area contributed by atoms with Crippen LogP contribution in [-0.2, 0) is 19.1 Å². The number of ether oxygens (including phenoxy) is 2. The zero-order valence-corrected chi connectivity index (χ0v) is 20.6. The van der Waals surface area contributed by atoms with Crippen molar-refractivity contribution >= 4 is 18.0 Å². The number of amides is 2. The maximum absolute atomic E-state index is 13.1. The van der Waals surface area contributed by atoms with Gasteiger partial charge in [0.25, 0.3) is 0 Å². The number of hydrogen-bond donors (Lipinski definition) is 1. The van der Waals surface area contributed by atoms with Gasteiger partial charge in [0.15, 0.2) is 0 Å². The van der Waals surface area contributed by atoms with Crippen molar-refractivity contribution in [3.63, 3.8) is 0 Å². The number of rotatable bonds is 3. The molecule has 0 spiro atoms. The first-order valence-corrected chi connectivity index (χ1v) is 11.6. The van der Waals surface area contributed by atoms with Gasteiger partial charge in [0.05, 0.1) is 17.5 Å². The number of carbonyl (C=O) groups is 3. The summed E-state index contributed by atoms with van der Waals surface area (Å²) < 4.78 is 50.5. The van der Waals surface area contributed by atoms with Gasteiger partial charge in [0.1, 0.15) is 18.1 Å². The first kappa shape index (κ1) is 26.3. The Hall–Kier alpha value is -2.26. The van der Waals surface area contributed by atoms with Crippen LogP contribution in [0.15, 0.2) is 12.2 Å². The van der Waals surface area contributed by atoms with Crippen LogP contribution in [0.25, 0.3) is 0 Å². The van der Waals surface area contributed by atoms with Crippen molar-refractivity contribution in [3.8, 4) is 0 Å². The minimum absolute atomic E-state index is 0.0936. The molecule has 192 valence electrons. The van der Waals surface area contributed by atoms with E-state index in [1.54, 1.807) is 41.5 Å². The molecule has 2 amide bonds. The summed E-state index contributed by atoms with van der Waals surface area (Å²) in [6.07, 6.45) is -6.65. The summed E-state index contributed by atoms with van der Waals surface area (Å²) in [5.74, 6) is -2.49. The molecule has 10 heteroatoms. The number of halogens is 3. The second-order valence-corrected chi connectivity index (χ2v) is 11.8. The first-order chi connectivity index (χ1) is 15.4. The highest BCUT2D eigenvalue weighted by atomic mass is 19.4. The van der Waals surface area contributed by atoms with Crippen molar-refractivity contribution in [1.82, 2.24) is 10.2 Å². The van der Waals surface area contributed by atoms with Gasteiger partial charge in [-0.3, -0.25) is 9.59 Å². The molecule has 0 aromatic rings. The molecule has 34 heavy (non-hydrogen) atoms. The molecule has 1 N–H and O–H groups in total. The normalized spacial score (nSPS) is 31.2. The Morgan fingerprint density at radius 1 is 1.09 bits per heavy atom. The summed E-state index contributed by atoms with van der Waals surface area (Å²) in [6.45, 7) is 14.6. The van der Waals surface area contributed by atoms with Gasteiger partial charge in [-0.25, -0.2) is 4.79 Å². The monoisotopic (exact) mass is 488 g/mol. The van der Waals surface area contributed by atoms with Crippen molar-refractivity contribution in [2.75, 3.05) is 6.54 Å². The smallest absolute Gasteiger partial charge is 0.408 e. The zero-order chi connectivity index (χ0) is 25.8. The largest absolute Gasteiger partial charge is 0.459 e. The fourth-order valence-electron chi connectivity index (χ4n) is 5.37. The van der Waals surface area contributed by atoms with Crippen LogP contribution in [0.5, 0.6) is 0 Å². The Labute approximate surface area is 198 Å². The molecular formula is C24H35F3N2O5. The molecule has 3 unspecified atom stereocenters. The van der Waals surface area contributed by atoms with Crippen molar-refractivity contribution < 1.29 is 37.0 Å². The van der Waals surface area contributed by atoms with Crippen LogP contribution in [0.2, 0.25) is 0 Å². The van der Waals surface area contributed by atoms with E-state index in [-0.39, 0.29) is 12.5 Å². The van der Waals surface area contributed by atoms with Crippen LogP contribution in [0.1, 0.15) is 60.8 Å². The van der Waals surface area contributed by atoms with E-state index in [0.29, 0.717) is 18.4 Å². The lowest BCUT2D eigenvalue weighted by Crippen LogP contribution is -2.64. The second-order valence-electron chi connectivity index (χ2n) is 11.8. The number of alkyl halides is 3. The zero-order valence-electron chi connectivity index (χ0n) is 20.6. The predicted octanol–water partition coefficient (Wildman–Crippen LogP) is 4.21. The Morgan fingerprint density at radius 2 is 1.71 bits per heavy atom. The van der Waals surface area contributed by atoms with E-state index in [4.69, 9.17) is 9.47 Å². The van der Waals surface area contributed by atoms with Crippen molar-refractivity contribution in [1.29, 1.82) is 0 Å². The Bertz CT molecular complexity index is 858. The van der Waals surface area contributed by atoms with Crippen molar-refractivity contribution in [3.05, 3.63) is 12.2 Å². The fraction of sp³-hybridized carbons (Fsp3) is 0.792. The number of fused-ring (bicyclic) bond motifs is 2. The molecule has 0 aromatic carbocycles. The lowest BCUT2D eigenvalue weighted by molar-refractivity contribution is -0.179. The molecule has 0 aromatic heterocycles. The lowest BCUT2D eigenvalue weighted by Gasteiger charge is -2.51. The summed E-state index contributed by atoms with van der Waals surface area (Å²) in [5, 5.41) is 2.85. The average molecular weight is 489 g/mol. The molecule has 3 saturated carbocycles. The predicted molar refractivity (Wildman–Crippen MR) is 118 cm³/mol. The Balaban J connectivity index is 1.97. The van der Waals surface area contributed by atoms with E-state index >= 15 is 0 Å². The van der Waals surface area contributed by atoms with Gasteiger partial charge in [-0.2, -0.15) is 13.2 Å². The molecule has 3 aliphatic carbocycles. The number of esters is 1. The van der Waals surface area contributed by atoms with E-state index in [0.717, 1.165) is 0 Å². The maximum atomic E-state index is 13.1. The summed E-state index contributed by atoms with van der Waals surface area (Å²) in [7, 11) is 0. The SMILES string of the molecule is C=C1C(NC(=O)OC(C)(C)C)[C@H]2CC3C[C@@H]1C([C@H]2OC(=O)C(C)(C)C)N(C(=O)CC(F)(F)F)C3. The van der Waals surface area contributed by atoms with Crippen LogP contribution >= 0.6 is 0 Å². The van der Waals surface area contributed by atoms with Crippen molar-refractivity contribution in [2.45, 2.75) is 90.8 Å². The van der Waals surface area contributed by atoms with Gasteiger partial charge < -0.3 is 19.7 Å². The molecule has 7 nitrogen and oxygen atoms in total. The van der Waals surface area contributed by atoms with Gasteiger partial charge in [0, 0.05) is 18.4 Å². The summed E-state index contributed by atoms with van der Waals surface area (Å²) in [5.41, 5.74) is -0.960. The maximum Gasteiger partial charge on any atom is 0.408 e. The molecule has 2 saturated heterocycles. The van der Waals surface area contributed by atoms with Gasteiger partial charge in [0.2, 0.25) is 5.91 Å². The standard InChI is InChI=1S/C24H35F3N2O5/c1-12-14-8-13-9-15(17(12)28-21(32)34-23(5,6)7)19(33-20(31)22(2,3)4)18(14)29(11-13)16(30)10-24(25,26)27/h13-15,17-19H,1,8-11H2,2-7H3,(H,28,32)/t13?,14-,15+,17?,18?,19-/m0/s1. The minimum Gasteiger partial charge on any atom is -0.459 e. The number of nitrogens with one attached hydrogen (secondary N) is 1. The van der Waals surface area contributed by atoms with Crippen LogP contribution in [0.3, 0.4) is 0 Å². The highest BCUT2D eigenvalue weighted by molar-refractivity contribution is 5.78. The fourth-order valence-corrected chi connectivity index (χ4v) is 5.37. The average Bonchev–Trinajstić information content (AvgIpc) is 2.91. The Morgan fingerprint density at radius 3 is 2.24 bits per heavy atom. The summed E-state index contributed by atoms with van der Waals surface area (Å²) >= 11 is 0. The molecule has 5 rings (SSSR count). The highest BCUT2D eigenvalue weighted by Crippen LogP contribution is 2.52. The molecule has 4 bridgehead atoms. The first-order valence-electron chi connectivity index (χ1n) is 11.6.